The molecule has 2 aromatic rings. The second kappa shape index (κ2) is 7.75. The maximum absolute atomic E-state index is 12.9. The molecular weight excluding hydrogens is 329 g/mol. The molecule has 1 amide bonds. The van der Waals surface area contributed by atoms with Crippen LogP contribution in [0.4, 0.5) is 4.39 Å². The van der Waals surface area contributed by atoms with E-state index in [1.54, 1.807) is 12.1 Å². The van der Waals surface area contributed by atoms with Gasteiger partial charge in [-0.25, -0.2) is 9.82 Å². The van der Waals surface area contributed by atoms with Crippen LogP contribution in [0.15, 0.2) is 48.5 Å². The average Bonchev–Trinajstić information content (AvgIpc) is 3.07. The third kappa shape index (κ3) is 4.12. The number of halogens is 2. The van der Waals surface area contributed by atoms with Gasteiger partial charge < -0.3 is 5.32 Å². The fraction of sp³-hybridized carbons (Fsp3) is 0.278. The minimum Gasteiger partial charge on any atom is -0.355 e. The topological polar surface area (TPSA) is 53.2 Å². The van der Waals surface area contributed by atoms with Crippen molar-refractivity contribution in [3.05, 3.63) is 70.5 Å². The number of nitrogens with one attached hydrogen (secondary N) is 3. The van der Waals surface area contributed by atoms with Crippen LogP contribution in [-0.2, 0) is 11.2 Å². The maximum atomic E-state index is 12.9. The van der Waals surface area contributed by atoms with Crippen molar-refractivity contribution < 1.29 is 9.18 Å². The van der Waals surface area contributed by atoms with Crippen molar-refractivity contribution in [2.75, 3.05) is 13.1 Å². The molecule has 1 aliphatic heterocycles. The Morgan fingerprint density at radius 2 is 1.88 bits per heavy atom. The second-order valence-corrected chi connectivity index (χ2v) is 6.26. The lowest BCUT2D eigenvalue weighted by atomic mass is 9.94. The molecular formula is C18H19ClFN3O. The van der Waals surface area contributed by atoms with Crippen molar-refractivity contribution in [2.24, 2.45) is 5.92 Å². The van der Waals surface area contributed by atoms with Gasteiger partial charge in [-0.15, -0.1) is 0 Å². The number of hydrazine groups is 1. The Labute approximate surface area is 145 Å². The zero-order valence-electron chi connectivity index (χ0n) is 13.1. The molecule has 126 valence electrons. The molecule has 2 aromatic carbocycles. The third-order valence-corrected chi connectivity index (χ3v) is 4.43. The quantitative estimate of drug-likeness (QED) is 0.779. The van der Waals surface area contributed by atoms with Gasteiger partial charge in [-0.3, -0.25) is 10.2 Å². The van der Waals surface area contributed by atoms with Crippen LogP contribution in [0.5, 0.6) is 0 Å². The van der Waals surface area contributed by atoms with Crippen molar-refractivity contribution in [2.45, 2.75) is 12.5 Å². The molecule has 0 aromatic heterocycles. The van der Waals surface area contributed by atoms with Crippen LogP contribution in [0.1, 0.15) is 17.2 Å². The Hall–Kier alpha value is -1.95. The van der Waals surface area contributed by atoms with Crippen LogP contribution in [0.25, 0.3) is 0 Å². The highest BCUT2D eigenvalue weighted by Crippen LogP contribution is 2.26. The number of benzene rings is 2. The highest BCUT2D eigenvalue weighted by Gasteiger charge is 2.33. The molecule has 0 radical (unpaired) electrons. The molecule has 4 nitrogen and oxygen atoms in total. The Morgan fingerprint density at radius 1 is 1.17 bits per heavy atom. The largest absolute Gasteiger partial charge is 0.355 e. The highest BCUT2D eigenvalue weighted by molar-refractivity contribution is 6.30. The van der Waals surface area contributed by atoms with Crippen LogP contribution in [0.2, 0.25) is 5.02 Å². The fourth-order valence-corrected chi connectivity index (χ4v) is 2.97. The molecule has 0 saturated carbocycles. The van der Waals surface area contributed by atoms with Gasteiger partial charge in [0, 0.05) is 18.1 Å². The maximum Gasteiger partial charge on any atom is 0.226 e. The van der Waals surface area contributed by atoms with Crippen LogP contribution in [-0.4, -0.2) is 19.0 Å². The van der Waals surface area contributed by atoms with E-state index in [9.17, 15) is 9.18 Å². The Morgan fingerprint density at radius 3 is 2.58 bits per heavy atom. The summed E-state index contributed by atoms with van der Waals surface area (Å²) in [5.74, 6) is -0.453. The van der Waals surface area contributed by atoms with Gasteiger partial charge in [0.2, 0.25) is 5.91 Å². The Bertz CT molecular complexity index is 690. The summed E-state index contributed by atoms with van der Waals surface area (Å²) in [6.45, 7) is 1.09. The molecule has 1 aliphatic rings. The molecule has 2 atom stereocenters. The Kier molecular flexibility index (Phi) is 5.45. The predicted octanol–water partition coefficient (Wildman–Crippen LogP) is 2.60. The molecule has 1 fully saturated rings. The molecule has 0 bridgehead atoms. The first kappa shape index (κ1) is 16.9. The second-order valence-electron chi connectivity index (χ2n) is 5.83. The van der Waals surface area contributed by atoms with Crippen molar-refractivity contribution in [3.63, 3.8) is 0 Å². The number of amides is 1. The lowest BCUT2D eigenvalue weighted by Crippen LogP contribution is -2.36. The van der Waals surface area contributed by atoms with E-state index >= 15 is 0 Å². The first-order valence-corrected chi connectivity index (χ1v) is 8.27. The van der Waals surface area contributed by atoms with Crippen LogP contribution in [0, 0.1) is 11.7 Å². The minimum absolute atomic E-state index is 0.00504. The zero-order valence-corrected chi connectivity index (χ0v) is 13.8. The van der Waals surface area contributed by atoms with Crippen LogP contribution < -0.4 is 16.2 Å². The standard InChI is InChI=1S/C18H19ClFN3O/c19-14-5-3-13(4-6-14)17-16(11-22-23-17)18(24)21-10-9-12-1-7-15(20)8-2-12/h1-8,16-17,22-23H,9-11H2,(H,21,24). The van der Waals surface area contributed by atoms with Gasteiger partial charge in [0.05, 0.1) is 12.0 Å². The monoisotopic (exact) mass is 347 g/mol. The third-order valence-electron chi connectivity index (χ3n) is 4.17. The minimum atomic E-state index is -0.253. The van der Waals surface area contributed by atoms with Crippen LogP contribution >= 0.6 is 11.6 Å². The van der Waals surface area contributed by atoms with Crippen LogP contribution in [0.3, 0.4) is 0 Å². The summed E-state index contributed by atoms with van der Waals surface area (Å²) >= 11 is 5.92. The molecule has 0 spiro atoms. The van der Waals surface area contributed by atoms with Crippen molar-refractivity contribution in [1.82, 2.24) is 16.2 Å². The smallest absolute Gasteiger partial charge is 0.226 e. The van der Waals surface area contributed by atoms with Gasteiger partial charge in [-0.05, 0) is 41.8 Å². The lowest BCUT2D eigenvalue weighted by molar-refractivity contribution is -0.124. The summed E-state index contributed by atoms with van der Waals surface area (Å²) in [6, 6.07) is 13.7. The van der Waals surface area contributed by atoms with E-state index in [0.29, 0.717) is 24.5 Å². The van der Waals surface area contributed by atoms with Gasteiger partial charge in [-0.1, -0.05) is 35.9 Å². The summed E-state index contributed by atoms with van der Waals surface area (Å²) in [7, 11) is 0. The number of carbonyl (C=O) groups is 1. The summed E-state index contributed by atoms with van der Waals surface area (Å²) in [6.07, 6.45) is 0.672. The van der Waals surface area contributed by atoms with E-state index in [1.165, 1.54) is 12.1 Å². The summed E-state index contributed by atoms with van der Waals surface area (Å²) in [5.41, 5.74) is 8.20. The molecule has 6 heteroatoms. The molecule has 0 aliphatic carbocycles. The van der Waals surface area contributed by atoms with E-state index in [2.05, 4.69) is 16.2 Å². The summed E-state index contributed by atoms with van der Waals surface area (Å²) < 4.78 is 12.9. The van der Waals surface area contributed by atoms with E-state index in [4.69, 9.17) is 11.6 Å². The molecule has 3 rings (SSSR count). The molecule has 24 heavy (non-hydrogen) atoms. The number of hydrogen-bond donors (Lipinski definition) is 3. The zero-order chi connectivity index (χ0) is 16.9. The predicted molar refractivity (Wildman–Crippen MR) is 91.9 cm³/mol. The molecule has 2 unspecified atom stereocenters. The number of rotatable bonds is 5. The van der Waals surface area contributed by atoms with Gasteiger partial charge >= 0.3 is 0 Å². The first-order valence-electron chi connectivity index (χ1n) is 7.89. The molecule has 1 saturated heterocycles. The van der Waals surface area contributed by atoms with Crippen molar-refractivity contribution in [1.29, 1.82) is 0 Å². The fourth-order valence-electron chi connectivity index (χ4n) is 2.84. The highest BCUT2D eigenvalue weighted by atomic mass is 35.5. The van der Waals surface area contributed by atoms with Gasteiger partial charge in [0.1, 0.15) is 5.82 Å². The lowest BCUT2D eigenvalue weighted by Gasteiger charge is -2.18. The molecule has 3 N–H and O–H groups in total. The number of hydrogen-bond acceptors (Lipinski definition) is 3. The SMILES string of the molecule is O=C(NCCc1ccc(F)cc1)C1CNNC1c1ccc(Cl)cc1. The Balaban J connectivity index is 1.55. The number of carbonyl (C=O) groups excluding carboxylic acids is 1. The van der Waals surface area contributed by atoms with Crippen molar-refractivity contribution >= 4 is 17.5 Å². The van der Waals surface area contributed by atoms with E-state index in [0.717, 1.165) is 11.1 Å². The van der Waals surface area contributed by atoms with E-state index < -0.39 is 0 Å². The van der Waals surface area contributed by atoms with Gasteiger partial charge in [0.25, 0.3) is 0 Å². The van der Waals surface area contributed by atoms with E-state index in [1.807, 2.05) is 24.3 Å². The van der Waals surface area contributed by atoms with Gasteiger partial charge in [-0.2, -0.15) is 0 Å². The van der Waals surface area contributed by atoms with Gasteiger partial charge in [0.15, 0.2) is 0 Å². The summed E-state index contributed by atoms with van der Waals surface area (Å²) in [5, 5.41) is 3.63. The first-order chi connectivity index (χ1) is 11.6. The van der Waals surface area contributed by atoms with Crippen molar-refractivity contribution in [3.8, 4) is 0 Å². The molecule has 1 heterocycles. The van der Waals surface area contributed by atoms with E-state index in [-0.39, 0.29) is 23.7 Å². The average molecular weight is 348 g/mol. The normalized spacial score (nSPS) is 20.1. The summed E-state index contributed by atoms with van der Waals surface area (Å²) in [4.78, 5) is 12.5.